The highest BCUT2D eigenvalue weighted by molar-refractivity contribution is 6.08. The van der Waals surface area contributed by atoms with Crippen molar-refractivity contribution in [3.8, 4) is 5.75 Å². The molecule has 112 valence electrons. The van der Waals surface area contributed by atoms with Gasteiger partial charge in [0.1, 0.15) is 5.75 Å². The maximum Gasteiger partial charge on any atom is 0.162 e. The number of hydrogen-bond acceptors (Lipinski definition) is 3. The molecule has 0 fully saturated rings. The lowest BCUT2D eigenvalue weighted by Gasteiger charge is -2.08. The molecule has 0 aliphatic carbocycles. The summed E-state index contributed by atoms with van der Waals surface area (Å²) in [6.45, 7) is 8.51. The summed E-state index contributed by atoms with van der Waals surface area (Å²) in [5.41, 5.74) is 2.64. The Balaban J connectivity index is 2.32. The van der Waals surface area contributed by atoms with E-state index in [1.807, 2.05) is 13.0 Å². The predicted molar refractivity (Wildman–Crippen MR) is 83.7 cm³/mol. The molecular formula is C17H21NO3. The van der Waals surface area contributed by atoms with Crippen LogP contribution in [-0.4, -0.2) is 22.1 Å². The average Bonchev–Trinajstić information content (AvgIpc) is 2.70. The van der Waals surface area contributed by atoms with Crippen LogP contribution in [-0.2, 0) is 11.3 Å². The number of aryl methyl sites for hydroxylation is 1. The van der Waals surface area contributed by atoms with E-state index in [1.54, 1.807) is 19.1 Å². The molecule has 0 aliphatic heterocycles. The van der Waals surface area contributed by atoms with Crippen molar-refractivity contribution in [1.29, 1.82) is 0 Å². The molecule has 1 heterocycles. The summed E-state index contributed by atoms with van der Waals surface area (Å²) in [5, 5.41) is 10.5. The second-order valence-electron chi connectivity index (χ2n) is 5.11. The molecule has 0 radical (unpaired) electrons. The fourth-order valence-electron chi connectivity index (χ4n) is 2.74. The lowest BCUT2D eigenvalue weighted by molar-refractivity contribution is 0.101. The van der Waals surface area contributed by atoms with Crippen molar-refractivity contribution in [2.24, 2.45) is 0 Å². The van der Waals surface area contributed by atoms with E-state index < -0.39 is 0 Å². The van der Waals surface area contributed by atoms with Gasteiger partial charge in [0, 0.05) is 28.7 Å². The van der Waals surface area contributed by atoms with E-state index in [0.717, 1.165) is 36.0 Å². The van der Waals surface area contributed by atoms with Crippen molar-refractivity contribution >= 4 is 16.7 Å². The molecule has 2 rings (SSSR count). The van der Waals surface area contributed by atoms with Crippen LogP contribution in [0.2, 0.25) is 0 Å². The van der Waals surface area contributed by atoms with Crippen LogP contribution >= 0.6 is 0 Å². The molecule has 4 heteroatoms. The van der Waals surface area contributed by atoms with Gasteiger partial charge in [-0.05, 0) is 44.9 Å². The molecule has 0 unspecified atom stereocenters. The lowest BCUT2D eigenvalue weighted by atomic mass is 10.1. The number of phenolic OH excluding ortho intramolecular Hbond substituents is 1. The molecule has 1 aromatic carbocycles. The van der Waals surface area contributed by atoms with Gasteiger partial charge in [0.15, 0.2) is 5.78 Å². The molecule has 2 aromatic rings. The molecule has 1 N–H and O–H groups in total. The van der Waals surface area contributed by atoms with Gasteiger partial charge in [0.05, 0.1) is 12.9 Å². The number of nitrogens with zero attached hydrogens (tertiary/aromatic N) is 1. The third kappa shape index (κ3) is 3.10. The molecule has 21 heavy (non-hydrogen) atoms. The Hall–Kier alpha value is -2.23. The third-order valence-corrected chi connectivity index (χ3v) is 3.67. The Kier molecular flexibility index (Phi) is 4.68. The van der Waals surface area contributed by atoms with E-state index in [9.17, 15) is 9.90 Å². The molecule has 4 nitrogen and oxygen atoms in total. The number of aromatic nitrogens is 1. The lowest BCUT2D eigenvalue weighted by Crippen LogP contribution is -2.03. The summed E-state index contributed by atoms with van der Waals surface area (Å²) in [4.78, 5) is 11.9. The van der Waals surface area contributed by atoms with Gasteiger partial charge in [-0.15, -0.1) is 0 Å². The molecule has 0 saturated carbocycles. The summed E-state index contributed by atoms with van der Waals surface area (Å²) >= 11 is 0. The van der Waals surface area contributed by atoms with Gasteiger partial charge >= 0.3 is 0 Å². The molecule has 0 saturated heterocycles. The van der Waals surface area contributed by atoms with Gasteiger partial charge in [0.25, 0.3) is 0 Å². The monoisotopic (exact) mass is 287 g/mol. The van der Waals surface area contributed by atoms with Crippen molar-refractivity contribution < 1.29 is 14.6 Å². The first kappa shape index (κ1) is 15.2. The van der Waals surface area contributed by atoms with Crippen molar-refractivity contribution in [1.82, 2.24) is 4.57 Å². The largest absolute Gasteiger partial charge is 0.508 e. The highest BCUT2D eigenvalue weighted by Gasteiger charge is 2.17. The molecular weight excluding hydrogens is 266 g/mol. The van der Waals surface area contributed by atoms with Gasteiger partial charge in [-0.1, -0.05) is 6.58 Å². The van der Waals surface area contributed by atoms with Crippen LogP contribution < -0.4 is 0 Å². The van der Waals surface area contributed by atoms with Gasteiger partial charge in [0.2, 0.25) is 0 Å². The van der Waals surface area contributed by atoms with Crippen LogP contribution in [0.5, 0.6) is 5.75 Å². The number of ketones is 1. The SMILES string of the molecule is C=COCCCCn1c(C)c(C(C)=O)c2cc(O)ccc21. The first-order chi connectivity index (χ1) is 10.1. The second kappa shape index (κ2) is 6.48. The van der Waals surface area contributed by atoms with Crippen LogP contribution in [0.3, 0.4) is 0 Å². The minimum absolute atomic E-state index is 0.0249. The van der Waals surface area contributed by atoms with Gasteiger partial charge in [-0.25, -0.2) is 0 Å². The normalized spacial score (nSPS) is 10.8. The van der Waals surface area contributed by atoms with Crippen molar-refractivity contribution in [2.45, 2.75) is 33.2 Å². The Morgan fingerprint density at radius 1 is 1.43 bits per heavy atom. The number of Topliss-reactive ketones (excluding diaryl/α,β-unsaturated/α-hetero) is 1. The first-order valence-corrected chi connectivity index (χ1v) is 7.11. The predicted octanol–water partition coefficient (Wildman–Crippen LogP) is 3.80. The number of unbranched alkanes of at least 4 members (excludes halogenated alkanes) is 1. The number of benzene rings is 1. The Morgan fingerprint density at radius 3 is 2.86 bits per heavy atom. The number of rotatable bonds is 7. The molecule has 0 spiro atoms. The Labute approximate surface area is 124 Å². The zero-order chi connectivity index (χ0) is 15.4. The van der Waals surface area contributed by atoms with E-state index in [1.165, 1.54) is 6.26 Å². The fourth-order valence-corrected chi connectivity index (χ4v) is 2.74. The number of fused-ring (bicyclic) bond motifs is 1. The van der Waals surface area contributed by atoms with Crippen molar-refractivity contribution in [2.75, 3.05) is 6.61 Å². The molecule has 1 aromatic heterocycles. The fraction of sp³-hybridized carbons (Fsp3) is 0.353. The third-order valence-electron chi connectivity index (χ3n) is 3.67. The molecule has 0 amide bonds. The highest BCUT2D eigenvalue weighted by Crippen LogP contribution is 2.29. The molecule has 0 bridgehead atoms. The highest BCUT2D eigenvalue weighted by atomic mass is 16.5. The van der Waals surface area contributed by atoms with E-state index in [2.05, 4.69) is 11.1 Å². The minimum atomic E-state index is 0.0249. The van der Waals surface area contributed by atoms with Crippen molar-refractivity contribution in [3.05, 3.63) is 42.3 Å². The number of ether oxygens (including phenoxy) is 1. The number of carbonyl (C=O) groups is 1. The molecule has 0 atom stereocenters. The van der Waals surface area contributed by atoms with Gasteiger partial charge in [-0.3, -0.25) is 4.79 Å². The van der Waals surface area contributed by atoms with E-state index in [4.69, 9.17) is 4.74 Å². The first-order valence-electron chi connectivity index (χ1n) is 7.11. The Bertz CT molecular complexity index is 670. The number of phenols is 1. The van der Waals surface area contributed by atoms with Crippen LogP contribution in [0.25, 0.3) is 10.9 Å². The topological polar surface area (TPSA) is 51.5 Å². The second-order valence-corrected chi connectivity index (χ2v) is 5.11. The van der Waals surface area contributed by atoms with Gasteiger partial charge < -0.3 is 14.4 Å². The number of aromatic hydroxyl groups is 1. The maximum atomic E-state index is 11.9. The number of carbonyl (C=O) groups excluding carboxylic acids is 1. The summed E-state index contributed by atoms with van der Waals surface area (Å²) < 4.78 is 7.25. The van der Waals surface area contributed by atoms with Crippen LogP contribution in [0, 0.1) is 6.92 Å². The Morgan fingerprint density at radius 2 is 2.19 bits per heavy atom. The van der Waals surface area contributed by atoms with Gasteiger partial charge in [-0.2, -0.15) is 0 Å². The minimum Gasteiger partial charge on any atom is -0.508 e. The average molecular weight is 287 g/mol. The van der Waals surface area contributed by atoms with Crippen LogP contribution in [0.4, 0.5) is 0 Å². The zero-order valence-corrected chi connectivity index (χ0v) is 12.6. The quantitative estimate of drug-likeness (QED) is 0.479. The van der Waals surface area contributed by atoms with E-state index in [0.29, 0.717) is 12.2 Å². The maximum absolute atomic E-state index is 11.9. The van der Waals surface area contributed by atoms with E-state index >= 15 is 0 Å². The number of hydrogen-bond donors (Lipinski definition) is 1. The van der Waals surface area contributed by atoms with E-state index in [-0.39, 0.29) is 11.5 Å². The zero-order valence-electron chi connectivity index (χ0n) is 12.6. The standard InChI is InChI=1S/C17H21NO3/c1-4-21-10-6-5-9-18-12(2)17(13(3)19)15-11-14(20)7-8-16(15)18/h4,7-8,11,20H,1,5-6,9-10H2,2-3H3. The van der Waals surface area contributed by atoms with Crippen LogP contribution in [0.1, 0.15) is 35.8 Å². The summed E-state index contributed by atoms with van der Waals surface area (Å²) in [5.74, 6) is 0.207. The molecule has 0 aliphatic rings. The summed E-state index contributed by atoms with van der Waals surface area (Å²) in [6, 6.07) is 5.18. The summed E-state index contributed by atoms with van der Waals surface area (Å²) in [7, 11) is 0. The summed E-state index contributed by atoms with van der Waals surface area (Å²) in [6.07, 6.45) is 3.34. The smallest absolute Gasteiger partial charge is 0.162 e. The van der Waals surface area contributed by atoms with Crippen LogP contribution in [0.15, 0.2) is 31.0 Å². The van der Waals surface area contributed by atoms with Crippen molar-refractivity contribution in [3.63, 3.8) is 0 Å².